The molecule has 1 aromatic rings. The molecule has 0 aliphatic carbocycles. The van der Waals surface area contributed by atoms with Gasteiger partial charge >= 0.3 is 0 Å². The van der Waals surface area contributed by atoms with E-state index in [1.54, 1.807) is 11.1 Å². The molecule has 0 saturated heterocycles. The fourth-order valence-corrected chi connectivity index (χ4v) is 1.71. The van der Waals surface area contributed by atoms with Gasteiger partial charge in [-0.2, -0.15) is 4.99 Å². The number of nitrogens with one attached hydrogen (secondary N) is 1. The second kappa shape index (κ2) is 7.91. The Morgan fingerprint density at radius 1 is 1.58 bits per heavy atom. The summed E-state index contributed by atoms with van der Waals surface area (Å²) in [6.45, 7) is 0.704. The van der Waals surface area contributed by atoms with Crippen molar-refractivity contribution in [3.8, 4) is 0 Å². The van der Waals surface area contributed by atoms with Crippen LogP contribution in [0.15, 0.2) is 23.3 Å². The molecule has 0 radical (unpaired) electrons. The summed E-state index contributed by atoms with van der Waals surface area (Å²) in [5, 5.41) is 4.11. The van der Waals surface area contributed by atoms with Crippen molar-refractivity contribution in [2.45, 2.75) is 12.8 Å². The van der Waals surface area contributed by atoms with E-state index in [1.165, 1.54) is 0 Å². The molecule has 104 valence electrons. The summed E-state index contributed by atoms with van der Waals surface area (Å²) in [6, 6.07) is 3.65. The second-order valence-electron chi connectivity index (χ2n) is 4.13. The first-order valence-electron chi connectivity index (χ1n) is 5.89. The maximum Gasteiger partial charge on any atom is 0.198 e. The van der Waals surface area contributed by atoms with E-state index in [0.29, 0.717) is 22.6 Å². The largest absolute Gasteiger partial charge is 0.369 e. The number of aromatic nitrogens is 1. The van der Waals surface area contributed by atoms with Crippen LogP contribution in [0.1, 0.15) is 12.1 Å². The van der Waals surface area contributed by atoms with E-state index in [4.69, 9.17) is 29.6 Å². The fourth-order valence-electron chi connectivity index (χ4n) is 1.30. The molecule has 1 rings (SSSR count). The molecule has 7 heteroatoms. The van der Waals surface area contributed by atoms with Gasteiger partial charge in [0.1, 0.15) is 0 Å². The van der Waals surface area contributed by atoms with Crippen molar-refractivity contribution in [3.63, 3.8) is 0 Å². The molecule has 0 amide bonds. The second-order valence-corrected chi connectivity index (χ2v) is 4.93. The van der Waals surface area contributed by atoms with E-state index < -0.39 is 0 Å². The van der Waals surface area contributed by atoms with Crippen molar-refractivity contribution in [1.82, 2.24) is 15.2 Å². The molecule has 19 heavy (non-hydrogen) atoms. The summed E-state index contributed by atoms with van der Waals surface area (Å²) in [7, 11) is 3.62. The third kappa shape index (κ3) is 5.85. The van der Waals surface area contributed by atoms with Gasteiger partial charge in [0.05, 0.1) is 10.7 Å². The SMILES string of the molecule is CN(C)C(N)=NC(=S)NCCCc1ncccc1Cl. The molecule has 0 aliphatic heterocycles. The highest BCUT2D eigenvalue weighted by Crippen LogP contribution is 2.13. The fraction of sp³-hybridized carbons (Fsp3) is 0.417. The number of hydrogen-bond acceptors (Lipinski definition) is 2. The van der Waals surface area contributed by atoms with Crippen LogP contribution in [0.5, 0.6) is 0 Å². The van der Waals surface area contributed by atoms with Crippen molar-refractivity contribution < 1.29 is 0 Å². The maximum absolute atomic E-state index is 6.02. The van der Waals surface area contributed by atoms with E-state index >= 15 is 0 Å². The van der Waals surface area contributed by atoms with Crippen LogP contribution in [-0.4, -0.2) is 41.6 Å². The summed E-state index contributed by atoms with van der Waals surface area (Å²) < 4.78 is 0. The lowest BCUT2D eigenvalue weighted by Crippen LogP contribution is -2.33. The van der Waals surface area contributed by atoms with Crippen LogP contribution in [0, 0.1) is 0 Å². The minimum Gasteiger partial charge on any atom is -0.369 e. The molecule has 3 N–H and O–H groups in total. The minimum atomic E-state index is 0.380. The smallest absolute Gasteiger partial charge is 0.198 e. The van der Waals surface area contributed by atoms with Crippen molar-refractivity contribution in [1.29, 1.82) is 0 Å². The molecule has 0 unspecified atom stereocenters. The van der Waals surface area contributed by atoms with Crippen molar-refractivity contribution >= 4 is 34.9 Å². The lowest BCUT2D eigenvalue weighted by Gasteiger charge is -2.11. The number of hydrogen-bond donors (Lipinski definition) is 2. The molecule has 0 aliphatic rings. The van der Waals surface area contributed by atoms with Crippen LogP contribution in [0.4, 0.5) is 0 Å². The summed E-state index contributed by atoms with van der Waals surface area (Å²) >= 11 is 11.1. The number of aryl methyl sites for hydroxylation is 1. The predicted octanol–water partition coefficient (Wildman–Crippen LogP) is 1.42. The number of aliphatic imine (C=N–C) groups is 1. The van der Waals surface area contributed by atoms with Gasteiger partial charge in [-0.25, -0.2) is 0 Å². The highest BCUT2D eigenvalue weighted by Gasteiger charge is 2.01. The summed E-state index contributed by atoms with van der Waals surface area (Å²) in [6.07, 6.45) is 3.40. The van der Waals surface area contributed by atoms with Crippen LogP contribution in [0.25, 0.3) is 0 Å². The van der Waals surface area contributed by atoms with Gasteiger partial charge < -0.3 is 16.0 Å². The highest BCUT2D eigenvalue weighted by atomic mass is 35.5. The van der Waals surface area contributed by atoms with E-state index in [-0.39, 0.29) is 0 Å². The minimum absolute atomic E-state index is 0.380. The van der Waals surface area contributed by atoms with E-state index in [0.717, 1.165) is 18.5 Å². The van der Waals surface area contributed by atoms with E-state index in [1.807, 2.05) is 26.2 Å². The van der Waals surface area contributed by atoms with Crippen LogP contribution in [-0.2, 0) is 6.42 Å². The summed E-state index contributed by atoms with van der Waals surface area (Å²) in [5.74, 6) is 0.380. The van der Waals surface area contributed by atoms with Crippen molar-refractivity contribution in [2.24, 2.45) is 10.7 Å². The zero-order valence-electron chi connectivity index (χ0n) is 11.1. The number of nitrogens with two attached hydrogens (primary N) is 1. The third-order valence-electron chi connectivity index (χ3n) is 2.38. The van der Waals surface area contributed by atoms with Crippen LogP contribution in [0.2, 0.25) is 5.02 Å². The van der Waals surface area contributed by atoms with Crippen LogP contribution >= 0.6 is 23.8 Å². The van der Waals surface area contributed by atoms with Gasteiger partial charge in [0.25, 0.3) is 0 Å². The van der Waals surface area contributed by atoms with Crippen LogP contribution in [0.3, 0.4) is 0 Å². The Labute approximate surface area is 123 Å². The molecule has 5 nitrogen and oxygen atoms in total. The summed E-state index contributed by atoms with van der Waals surface area (Å²) in [5.41, 5.74) is 6.55. The highest BCUT2D eigenvalue weighted by molar-refractivity contribution is 7.80. The zero-order valence-corrected chi connectivity index (χ0v) is 12.6. The first kappa shape index (κ1) is 15.7. The van der Waals surface area contributed by atoms with E-state index in [2.05, 4.69) is 15.3 Å². The number of pyridine rings is 1. The predicted molar refractivity (Wildman–Crippen MR) is 83.5 cm³/mol. The first-order chi connectivity index (χ1) is 9.00. The molecule has 1 heterocycles. The monoisotopic (exact) mass is 299 g/mol. The molecule has 0 atom stereocenters. The van der Waals surface area contributed by atoms with Gasteiger partial charge in [-0.3, -0.25) is 4.98 Å². The van der Waals surface area contributed by atoms with Crippen LogP contribution < -0.4 is 11.1 Å². The van der Waals surface area contributed by atoms with Gasteiger partial charge in [0.15, 0.2) is 11.1 Å². The Balaban J connectivity index is 2.30. The number of guanidine groups is 1. The normalized spacial score (nSPS) is 11.2. The topological polar surface area (TPSA) is 66.5 Å². The molecule has 0 spiro atoms. The van der Waals surface area contributed by atoms with Gasteiger partial charge in [-0.05, 0) is 37.2 Å². The standard InChI is InChI=1S/C12H18ClN5S/c1-18(2)11(14)17-12(19)16-8-4-6-10-9(13)5-3-7-15-10/h3,5,7H,4,6,8H2,1-2H3,(H3,14,16,17,19). The summed E-state index contributed by atoms with van der Waals surface area (Å²) in [4.78, 5) is 9.95. The Kier molecular flexibility index (Phi) is 6.52. The molecule has 1 aromatic heterocycles. The van der Waals surface area contributed by atoms with Gasteiger partial charge in [-0.1, -0.05) is 11.6 Å². The quantitative estimate of drug-likeness (QED) is 0.381. The Bertz CT molecular complexity index is 461. The van der Waals surface area contributed by atoms with Gasteiger partial charge in [0, 0.05) is 26.8 Å². The maximum atomic E-state index is 6.02. The lowest BCUT2D eigenvalue weighted by atomic mass is 10.2. The third-order valence-corrected chi connectivity index (χ3v) is 2.96. The average Bonchev–Trinajstić information content (AvgIpc) is 2.36. The number of nitrogens with zero attached hydrogens (tertiary/aromatic N) is 3. The van der Waals surface area contributed by atoms with Gasteiger partial charge in [0.2, 0.25) is 0 Å². The number of rotatable bonds is 4. The molecule has 0 aromatic carbocycles. The van der Waals surface area contributed by atoms with Crippen molar-refractivity contribution in [2.75, 3.05) is 20.6 Å². The van der Waals surface area contributed by atoms with E-state index in [9.17, 15) is 0 Å². The average molecular weight is 300 g/mol. The Morgan fingerprint density at radius 2 is 2.32 bits per heavy atom. The Morgan fingerprint density at radius 3 is 2.95 bits per heavy atom. The Hall–Kier alpha value is -1.40. The molecular formula is C12H18ClN5S. The number of thiocarbonyl (C=S) groups is 1. The molecule has 0 bridgehead atoms. The first-order valence-corrected chi connectivity index (χ1v) is 6.68. The number of halogens is 1. The lowest BCUT2D eigenvalue weighted by molar-refractivity contribution is 0.615. The molecule has 0 fully saturated rings. The molecule has 0 saturated carbocycles. The molecular weight excluding hydrogens is 282 g/mol. The van der Waals surface area contributed by atoms with Gasteiger partial charge in [-0.15, -0.1) is 0 Å². The zero-order chi connectivity index (χ0) is 14.3. The van der Waals surface area contributed by atoms with Crippen molar-refractivity contribution in [3.05, 3.63) is 29.0 Å².